The average molecular weight is 114 g/mol. The van der Waals surface area contributed by atoms with E-state index in [1.807, 2.05) is 0 Å². The quantitative estimate of drug-likeness (QED) is 0.492. The predicted octanol–water partition coefficient (Wildman–Crippen LogP) is 0.156. The summed E-state index contributed by atoms with van der Waals surface area (Å²) in [6.07, 6.45) is 3.33. The van der Waals surface area contributed by atoms with Crippen molar-refractivity contribution < 1.29 is 9.84 Å². The molecule has 46 valence electrons. The van der Waals surface area contributed by atoms with E-state index in [9.17, 15) is 0 Å². The van der Waals surface area contributed by atoms with Crippen LogP contribution in [0, 0.1) is 5.92 Å². The van der Waals surface area contributed by atoms with Crippen LogP contribution in [0.4, 0.5) is 0 Å². The van der Waals surface area contributed by atoms with Gasteiger partial charge in [0.2, 0.25) is 0 Å². The lowest BCUT2D eigenvalue weighted by atomic mass is 10.1. The van der Waals surface area contributed by atoms with E-state index in [-0.39, 0.29) is 0 Å². The van der Waals surface area contributed by atoms with E-state index in [1.54, 1.807) is 0 Å². The van der Waals surface area contributed by atoms with Crippen LogP contribution in [0.15, 0.2) is 0 Å². The summed E-state index contributed by atoms with van der Waals surface area (Å²) in [6.45, 7) is 0.321. The maximum absolute atomic E-state index is 8.68. The number of rotatable bonds is 1. The number of ether oxygens (including phenoxy) is 1. The van der Waals surface area contributed by atoms with Gasteiger partial charge in [0, 0.05) is 12.5 Å². The molecule has 1 saturated heterocycles. The van der Waals surface area contributed by atoms with Crippen molar-refractivity contribution in [3.63, 3.8) is 0 Å². The highest BCUT2D eigenvalue weighted by Gasteiger charge is 2.49. The highest BCUT2D eigenvalue weighted by Crippen LogP contribution is 2.42. The first-order valence-electron chi connectivity index (χ1n) is 3.18. The van der Waals surface area contributed by atoms with Gasteiger partial charge in [-0.05, 0) is 12.8 Å². The number of fused-ring (bicyclic) bond motifs is 1. The van der Waals surface area contributed by atoms with Crippen LogP contribution in [0.2, 0.25) is 0 Å². The van der Waals surface area contributed by atoms with Gasteiger partial charge in [-0.15, -0.1) is 0 Å². The summed E-state index contributed by atoms with van der Waals surface area (Å²) in [7, 11) is 0. The molecule has 0 spiro atoms. The molecule has 0 bridgehead atoms. The van der Waals surface area contributed by atoms with Crippen molar-refractivity contribution in [3.8, 4) is 0 Å². The first-order valence-corrected chi connectivity index (χ1v) is 3.18. The summed E-state index contributed by atoms with van der Waals surface area (Å²) >= 11 is 0. The van der Waals surface area contributed by atoms with Crippen LogP contribution in [0.5, 0.6) is 0 Å². The highest BCUT2D eigenvalue weighted by molar-refractivity contribution is 4.96. The van der Waals surface area contributed by atoms with Crippen LogP contribution in [0.1, 0.15) is 12.8 Å². The zero-order valence-electron chi connectivity index (χ0n) is 4.71. The second kappa shape index (κ2) is 1.45. The van der Waals surface area contributed by atoms with Gasteiger partial charge in [-0.2, -0.15) is 0 Å². The Hall–Kier alpha value is -0.0800. The van der Waals surface area contributed by atoms with E-state index >= 15 is 0 Å². The summed E-state index contributed by atoms with van der Waals surface area (Å²) in [4.78, 5) is 0. The summed E-state index contributed by atoms with van der Waals surface area (Å²) < 4.78 is 5.20. The molecule has 1 aliphatic carbocycles. The van der Waals surface area contributed by atoms with Crippen molar-refractivity contribution >= 4 is 0 Å². The Morgan fingerprint density at radius 3 is 2.62 bits per heavy atom. The summed E-state index contributed by atoms with van der Waals surface area (Å²) in [5.74, 6) is 0.472. The molecular weight excluding hydrogens is 104 g/mol. The van der Waals surface area contributed by atoms with E-state index in [4.69, 9.17) is 9.84 Å². The molecule has 1 N–H and O–H groups in total. The minimum absolute atomic E-state index is 0.321. The summed E-state index contributed by atoms with van der Waals surface area (Å²) in [5.41, 5.74) is 0. The van der Waals surface area contributed by atoms with Gasteiger partial charge in [-0.1, -0.05) is 0 Å². The Balaban J connectivity index is 1.97. The van der Waals surface area contributed by atoms with Crippen LogP contribution in [0.25, 0.3) is 0 Å². The van der Waals surface area contributed by atoms with Crippen LogP contribution in [-0.4, -0.2) is 23.9 Å². The Kier molecular flexibility index (Phi) is 0.866. The maximum Gasteiger partial charge on any atom is 0.0891 e. The van der Waals surface area contributed by atoms with Crippen molar-refractivity contribution in [3.05, 3.63) is 0 Å². The van der Waals surface area contributed by atoms with E-state index in [0.29, 0.717) is 24.7 Å². The molecule has 2 heteroatoms. The van der Waals surface area contributed by atoms with Gasteiger partial charge in [0.1, 0.15) is 0 Å². The Bertz CT molecular complexity index is 103. The van der Waals surface area contributed by atoms with Crippen LogP contribution in [-0.2, 0) is 4.74 Å². The van der Waals surface area contributed by atoms with Crippen molar-refractivity contribution in [2.75, 3.05) is 6.61 Å². The van der Waals surface area contributed by atoms with E-state index < -0.39 is 0 Å². The molecule has 0 aromatic carbocycles. The number of aliphatic hydroxyl groups is 1. The first-order chi connectivity index (χ1) is 3.92. The number of hydrogen-bond donors (Lipinski definition) is 1. The van der Waals surface area contributed by atoms with Gasteiger partial charge < -0.3 is 9.84 Å². The lowest BCUT2D eigenvalue weighted by Gasteiger charge is -2.02. The van der Waals surface area contributed by atoms with Crippen molar-refractivity contribution in [1.82, 2.24) is 0 Å². The van der Waals surface area contributed by atoms with Crippen LogP contribution in [0.3, 0.4) is 0 Å². The standard InChI is InChI=1S/C6H10O2/c7-3-4-1-2-5-6(4)8-5/h4-7H,1-3H2/t4-,5-,6+/m0/s1. The molecule has 2 aliphatic rings. The summed E-state index contributed by atoms with van der Waals surface area (Å²) in [5, 5.41) is 8.68. The molecule has 1 saturated carbocycles. The van der Waals surface area contributed by atoms with E-state index in [2.05, 4.69) is 0 Å². The van der Waals surface area contributed by atoms with Gasteiger partial charge >= 0.3 is 0 Å². The highest BCUT2D eigenvalue weighted by atomic mass is 16.6. The molecular formula is C6H10O2. The van der Waals surface area contributed by atoms with E-state index in [0.717, 1.165) is 0 Å². The summed E-state index contributed by atoms with van der Waals surface area (Å²) in [6, 6.07) is 0. The second-order valence-corrected chi connectivity index (χ2v) is 2.66. The van der Waals surface area contributed by atoms with Crippen LogP contribution >= 0.6 is 0 Å². The molecule has 0 aromatic rings. The first kappa shape index (κ1) is 4.77. The molecule has 0 amide bonds. The molecule has 2 nitrogen and oxygen atoms in total. The number of hydrogen-bond acceptors (Lipinski definition) is 2. The lowest BCUT2D eigenvalue weighted by Crippen LogP contribution is -2.07. The fourth-order valence-electron chi connectivity index (χ4n) is 1.54. The molecule has 0 radical (unpaired) electrons. The zero-order valence-corrected chi connectivity index (χ0v) is 4.71. The normalized spacial score (nSPS) is 51.4. The fourth-order valence-corrected chi connectivity index (χ4v) is 1.54. The average Bonchev–Trinajstić information content (AvgIpc) is 2.46. The third-order valence-corrected chi connectivity index (χ3v) is 2.14. The van der Waals surface area contributed by atoms with Crippen molar-refractivity contribution in [2.45, 2.75) is 25.0 Å². The van der Waals surface area contributed by atoms with Crippen molar-refractivity contribution in [2.24, 2.45) is 5.92 Å². The molecule has 2 fully saturated rings. The minimum Gasteiger partial charge on any atom is -0.396 e. The smallest absolute Gasteiger partial charge is 0.0891 e. The molecule has 0 aromatic heterocycles. The van der Waals surface area contributed by atoms with Gasteiger partial charge in [-0.3, -0.25) is 0 Å². The van der Waals surface area contributed by atoms with Crippen LogP contribution < -0.4 is 0 Å². The number of epoxide rings is 1. The zero-order chi connectivity index (χ0) is 5.56. The fraction of sp³-hybridized carbons (Fsp3) is 1.00. The monoisotopic (exact) mass is 114 g/mol. The SMILES string of the molecule is OC[C@@H]1CC[C@@H]2O[C@H]12. The third-order valence-electron chi connectivity index (χ3n) is 2.14. The van der Waals surface area contributed by atoms with Crippen molar-refractivity contribution in [1.29, 1.82) is 0 Å². The lowest BCUT2D eigenvalue weighted by molar-refractivity contribution is 0.174. The minimum atomic E-state index is 0.321. The molecule has 8 heavy (non-hydrogen) atoms. The topological polar surface area (TPSA) is 32.8 Å². The molecule has 2 rings (SSSR count). The molecule has 0 unspecified atom stereocenters. The Morgan fingerprint density at radius 1 is 1.50 bits per heavy atom. The largest absolute Gasteiger partial charge is 0.396 e. The Morgan fingerprint density at radius 2 is 2.38 bits per heavy atom. The van der Waals surface area contributed by atoms with Gasteiger partial charge in [0.05, 0.1) is 12.2 Å². The predicted molar refractivity (Wildman–Crippen MR) is 28.5 cm³/mol. The van der Waals surface area contributed by atoms with Gasteiger partial charge in [-0.25, -0.2) is 0 Å². The van der Waals surface area contributed by atoms with E-state index in [1.165, 1.54) is 12.8 Å². The molecule has 1 aliphatic heterocycles. The number of aliphatic hydroxyl groups excluding tert-OH is 1. The third kappa shape index (κ3) is 0.501. The molecule has 3 atom stereocenters. The molecule has 1 heterocycles. The van der Waals surface area contributed by atoms with Gasteiger partial charge in [0.25, 0.3) is 0 Å². The second-order valence-electron chi connectivity index (χ2n) is 2.66. The maximum atomic E-state index is 8.68. The Labute approximate surface area is 48.5 Å². The van der Waals surface area contributed by atoms with Gasteiger partial charge in [0.15, 0.2) is 0 Å².